The highest BCUT2D eigenvalue weighted by Crippen LogP contribution is 2.40. The monoisotopic (exact) mass is 238 g/mol. The van der Waals surface area contributed by atoms with Gasteiger partial charge in [-0.15, -0.1) is 0 Å². The third kappa shape index (κ3) is 2.00. The van der Waals surface area contributed by atoms with Crippen molar-refractivity contribution in [3.63, 3.8) is 0 Å². The molecule has 0 saturated heterocycles. The molecule has 0 heterocycles. The van der Waals surface area contributed by atoms with E-state index in [-0.39, 0.29) is 5.91 Å². The second-order valence-electron chi connectivity index (χ2n) is 4.60. The van der Waals surface area contributed by atoms with Crippen LogP contribution in [0.15, 0.2) is 24.3 Å². The summed E-state index contributed by atoms with van der Waals surface area (Å²) in [5, 5.41) is 3.85. The van der Waals surface area contributed by atoms with Crippen LogP contribution in [0.2, 0.25) is 5.02 Å². The Labute approximate surface area is 100.0 Å². The maximum atomic E-state index is 11.5. The molecule has 16 heavy (non-hydrogen) atoms. The Balaban J connectivity index is 2.16. The molecular formula is C12H15ClN2O. The molecule has 0 aromatic heterocycles. The van der Waals surface area contributed by atoms with Crippen LogP contribution in [0.25, 0.3) is 0 Å². The van der Waals surface area contributed by atoms with Crippen LogP contribution in [0.5, 0.6) is 0 Å². The van der Waals surface area contributed by atoms with Crippen molar-refractivity contribution < 1.29 is 4.79 Å². The van der Waals surface area contributed by atoms with Crippen LogP contribution in [0, 0.1) is 5.92 Å². The molecule has 0 spiro atoms. The lowest BCUT2D eigenvalue weighted by Crippen LogP contribution is -2.58. The maximum absolute atomic E-state index is 11.5. The molecule has 1 aromatic carbocycles. The van der Waals surface area contributed by atoms with Crippen molar-refractivity contribution in [3.05, 3.63) is 29.3 Å². The lowest BCUT2D eigenvalue weighted by molar-refractivity contribution is -0.126. The molecule has 0 atom stereocenters. The number of hydrogen-bond acceptors (Lipinski definition) is 2. The lowest BCUT2D eigenvalue weighted by atomic mass is 9.68. The van der Waals surface area contributed by atoms with Gasteiger partial charge in [-0.1, -0.05) is 24.6 Å². The average Bonchev–Trinajstić information content (AvgIpc) is 2.14. The number of carbonyl (C=O) groups is 1. The van der Waals surface area contributed by atoms with E-state index in [2.05, 4.69) is 12.2 Å². The number of amides is 1. The standard InChI is InChI=1S/C12H15ClN2O/c1-8-6-12(7-8,11(14)16)15-10-4-2-3-9(13)5-10/h2-5,8,15H,6-7H2,1H3,(H2,14,16). The van der Waals surface area contributed by atoms with Crippen molar-refractivity contribution in [1.82, 2.24) is 0 Å². The quantitative estimate of drug-likeness (QED) is 0.850. The molecule has 1 amide bonds. The molecule has 0 unspecified atom stereocenters. The summed E-state index contributed by atoms with van der Waals surface area (Å²) >= 11 is 5.89. The molecule has 1 fully saturated rings. The van der Waals surface area contributed by atoms with E-state index in [9.17, 15) is 4.79 Å². The van der Waals surface area contributed by atoms with Gasteiger partial charge in [0.25, 0.3) is 0 Å². The van der Waals surface area contributed by atoms with Crippen molar-refractivity contribution >= 4 is 23.2 Å². The summed E-state index contributed by atoms with van der Waals surface area (Å²) in [6.07, 6.45) is 1.57. The average molecular weight is 239 g/mol. The van der Waals surface area contributed by atoms with Gasteiger partial charge in [-0.25, -0.2) is 0 Å². The van der Waals surface area contributed by atoms with Gasteiger partial charge in [0.05, 0.1) is 0 Å². The van der Waals surface area contributed by atoms with Crippen LogP contribution in [-0.4, -0.2) is 11.4 Å². The molecule has 0 bridgehead atoms. The summed E-state index contributed by atoms with van der Waals surface area (Å²) in [5.74, 6) is 0.254. The molecule has 4 heteroatoms. The Kier molecular flexibility index (Phi) is 2.80. The second-order valence-corrected chi connectivity index (χ2v) is 5.03. The predicted molar refractivity (Wildman–Crippen MR) is 65.4 cm³/mol. The van der Waals surface area contributed by atoms with Crippen molar-refractivity contribution in [2.45, 2.75) is 25.3 Å². The Hall–Kier alpha value is -1.22. The molecule has 0 radical (unpaired) electrons. The van der Waals surface area contributed by atoms with Crippen LogP contribution in [0.1, 0.15) is 19.8 Å². The van der Waals surface area contributed by atoms with Gasteiger partial charge in [-0.2, -0.15) is 0 Å². The molecule has 3 N–H and O–H groups in total. The summed E-state index contributed by atoms with van der Waals surface area (Å²) in [4.78, 5) is 11.5. The third-order valence-corrected chi connectivity index (χ3v) is 3.31. The third-order valence-electron chi connectivity index (χ3n) is 3.07. The number of rotatable bonds is 3. The zero-order valence-electron chi connectivity index (χ0n) is 9.16. The summed E-state index contributed by atoms with van der Waals surface area (Å²) in [7, 11) is 0. The van der Waals surface area contributed by atoms with Crippen LogP contribution in [0.4, 0.5) is 5.69 Å². The Morgan fingerprint density at radius 3 is 2.75 bits per heavy atom. The lowest BCUT2D eigenvalue weighted by Gasteiger charge is -2.45. The molecular weight excluding hydrogens is 224 g/mol. The molecule has 1 aliphatic rings. The normalized spacial score (nSPS) is 28.2. The van der Waals surface area contributed by atoms with Crippen molar-refractivity contribution in [2.75, 3.05) is 5.32 Å². The molecule has 1 saturated carbocycles. The number of hydrogen-bond donors (Lipinski definition) is 2. The fourth-order valence-electron chi connectivity index (χ4n) is 2.34. The van der Waals surface area contributed by atoms with Crippen LogP contribution in [0.3, 0.4) is 0 Å². The fourth-order valence-corrected chi connectivity index (χ4v) is 2.53. The molecule has 1 aliphatic carbocycles. The maximum Gasteiger partial charge on any atom is 0.243 e. The van der Waals surface area contributed by atoms with Crippen LogP contribution >= 0.6 is 11.6 Å². The summed E-state index contributed by atoms with van der Waals surface area (Å²) in [6.45, 7) is 2.11. The highest BCUT2D eigenvalue weighted by molar-refractivity contribution is 6.30. The smallest absolute Gasteiger partial charge is 0.243 e. The minimum absolute atomic E-state index is 0.287. The minimum Gasteiger partial charge on any atom is -0.371 e. The molecule has 3 nitrogen and oxygen atoms in total. The van der Waals surface area contributed by atoms with Gasteiger partial charge in [-0.05, 0) is 37.0 Å². The number of anilines is 1. The number of nitrogens with two attached hydrogens (primary N) is 1. The zero-order valence-corrected chi connectivity index (χ0v) is 9.92. The van der Waals surface area contributed by atoms with Crippen molar-refractivity contribution in [2.24, 2.45) is 11.7 Å². The molecule has 1 aromatic rings. The van der Waals surface area contributed by atoms with E-state index in [0.29, 0.717) is 10.9 Å². The number of nitrogens with one attached hydrogen (secondary N) is 1. The number of benzene rings is 1. The molecule has 0 aliphatic heterocycles. The number of halogens is 1. The second kappa shape index (κ2) is 3.98. The SMILES string of the molecule is CC1CC(Nc2cccc(Cl)c2)(C(N)=O)C1. The predicted octanol–water partition coefficient (Wildman–Crippen LogP) is 2.41. The first kappa shape index (κ1) is 11.3. The van der Waals surface area contributed by atoms with E-state index in [4.69, 9.17) is 17.3 Å². The van der Waals surface area contributed by atoms with Gasteiger partial charge >= 0.3 is 0 Å². The van der Waals surface area contributed by atoms with Gasteiger partial charge in [0.15, 0.2) is 0 Å². The summed E-state index contributed by atoms with van der Waals surface area (Å²) < 4.78 is 0. The minimum atomic E-state index is -0.579. The molecule has 86 valence electrons. The van der Waals surface area contributed by atoms with Gasteiger partial charge in [0.1, 0.15) is 5.54 Å². The summed E-state index contributed by atoms with van der Waals surface area (Å²) in [5.41, 5.74) is 5.71. The Morgan fingerprint density at radius 1 is 1.56 bits per heavy atom. The number of carbonyl (C=O) groups excluding carboxylic acids is 1. The van der Waals surface area contributed by atoms with Crippen LogP contribution in [-0.2, 0) is 4.79 Å². The largest absolute Gasteiger partial charge is 0.371 e. The van der Waals surface area contributed by atoms with Crippen molar-refractivity contribution in [1.29, 1.82) is 0 Å². The van der Waals surface area contributed by atoms with Crippen LogP contribution < -0.4 is 11.1 Å². The highest BCUT2D eigenvalue weighted by atomic mass is 35.5. The topological polar surface area (TPSA) is 55.1 Å². The van der Waals surface area contributed by atoms with E-state index in [1.807, 2.05) is 12.1 Å². The Morgan fingerprint density at radius 2 is 2.25 bits per heavy atom. The van der Waals surface area contributed by atoms with Gasteiger partial charge in [0.2, 0.25) is 5.91 Å². The first-order valence-electron chi connectivity index (χ1n) is 5.35. The summed E-state index contributed by atoms with van der Waals surface area (Å²) in [6, 6.07) is 7.34. The number of primary amides is 1. The highest BCUT2D eigenvalue weighted by Gasteiger charge is 2.47. The Bertz CT molecular complexity index is 413. The first-order chi connectivity index (χ1) is 7.52. The van der Waals surface area contributed by atoms with E-state index in [1.54, 1.807) is 12.1 Å². The fraction of sp³-hybridized carbons (Fsp3) is 0.417. The van der Waals surface area contributed by atoms with E-state index < -0.39 is 5.54 Å². The molecule has 2 rings (SSSR count). The first-order valence-corrected chi connectivity index (χ1v) is 5.73. The van der Waals surface area contributed by atoms with Gasteiger partial charge < -0.3 is 11.1 Å². The van der Waals surface area contributed by atoms with Crippen molar-refractivity contribution in [3.8, 4) is 0 Å². The van der Waals surface area contributed by atoms with E-state index >= 15 is 0 Å². The zero-order chi connectivity index (χ0) is 11.8. The van der Waals surface area contributed by atoms with E-state index in [0.717, 1.165) is 18.5 Å². The van der Waals surface area contributed by atoms with Gasteiger partial charge in [-0.3, -0.25) is 4.79 Å². The van der Waals surface area contributed by atoms with Gasteiger partial charge in [0, 0.05) is 10.7 Å². The van der Waals surface area contributed by atoms with E-state index in [1.165, 1.54) is 0 Å².